The number of aromatic hydroxyl groups is 2. The molecule has 0 saturated heterocycles. The maximum Gasteiger partial charge on any atom is 0.119 e. The molecule has 202 valence electrons. The third-order valence-corrected chi connectivity index (χ3v) is 6.74. The molecular formula is C30H47NO5. The highest BCUT2D eigenvalue weighted by Crippen LogP contribution is 2.35. The van der Waals surface area contributed by atoms with Crippen LogP contribution in [0, 0.1) is 11.8 Å². The molecule has 0 spiro atoms. The number of nitrogens with one attached hydrogen (secondary N) is 1. The van der Waals surface area contributed by atoms with Crippen LogP contribution in [0.5, 0.6) is 11.5 Å². The molecule has 4 atom stereocenters. The maximum absolute atomic E-state index is 10.9. The predicted molar refractivity (Wildman–Crippen MR) is 145 cm³/mol. The van der Waals surface area contributed by atoms with Crippen molar-refractivity contribution in [2.75, 3.05) is 6.54 Å². The number of hydrogen-bond donors (Lipinski definition) is 6. The molecular weight excluding hydrogens is 454 g/mol. The van der Waals surface area contributed by atoms with Crippen molar-refractivity contribution in [1.82, 2.24) is 5.32 Å². The van der Waals surface area contributed by atoms with Crippen LogP contribution >= 0.6 is 0 Å². The molecule has 0 aliphatic carbocycles. The Morgan fingerprint density at radius 2 is 1.36 bits per heavy atom. The summed E-state index contributed by atoms with van der Waals surface area (Å²) in [5, 5.41) is 55.3. The van der Waals surface area contributed by atoms with Gasteiger partial charge in [-0.15, -0.1) is 0 Å². The van der Waals surface area contributed by atoms with E-state index in [1.807, 2.05) is 19.9 Å². The highest BCUT2D eigenvalue weighted by molar-refractivity contribution is 5.38. The fourth-order valence-electron chi connectivity index (χ4n) is 4.81. The number of rotatable bonds is 18. The summed E-state index contributed by atoms with van der Waals surface area (Å²) in [6.45, 7) is 5.97. The Bertz CT molecular complexity index is 824. The van der Waals surface area contributed by atoms with Crippen molar-refractivity contribution in [3.05, 3.63) is 59.7 Å². The molecule has 0 amide bonds. The molecule has 6 heteroatoms. The minimum Gasteiger partial charge on any atom is -0.508 e. The van der Waals surface area contributed by atoms with Crippen molar-refractivity contribution in [3.63, 3.8) is 0 Å². The Labute approximate surface area is 217 Å². The minimum atomic E-state index is -1.05. The fourth-order valence-corrected chi connectivity index (χ4v) is 4.81. The molecule has 0 radical (unpaired) electrons. The van der Waals surface area contributed by atoms with E-state index < -0.39 is 24.2 Å². The Hall–Kier alpha value is -2.12. The van der Waals surface area contributed by atoms with E-state index >= 15 is 0 Å². The van der Waals surface area contributed by atoms with Gasteiger partial charge in [-0.1, -0.05) is 76.3 Å². The van der Waals surface area contributed by atoms with E-state index in [1.54, 1.807) is 0 Å². The van der Waals surface area contributed by atoms with Gasteiger partial charge in [0.1, 0.15) is 11.5 Å². The molecule has 6 N–H and O–H groups in total. The lowest BCUT2D eigenvalue weighted by Crippen LogP contribution is -2.31. The molecule has 0 fully saturated rings. The molecule has 0 unspecified atom stereocenters. The van der Waals surface area contributed by atoms with E-state index in [2.05, 4.69) is 29.6 Å². The summed E-state index contributed by atoms with van der Waals surface area (Å²) < 4.78 is 0. The third kappa shape index (κ3) is 11.7. The van der Waals surface area contributed by atoms with Crippen LogP contribution < -0.4 is 5.32 Å². The molecule has 36 heavy (non-hydrogen) atoms. The van der Waals surface area contributed by atoms with Gasteiger partial charge in [0.2, 0.25) is 0 Å². The SMILES string of the molecule is CC(C)C[C@@H]([C@H](O)C[C@H](O)CCCCCCCCNCc1ccccc1)[C@@H](O)c1cc(O)cc(O)c1. The van der Waals surface area contributed by atoms with Crippen LogP contribution in [-0.4, -0.2) is 44.3 Å². The van der Waals surface area contributed by atoms with Crippen LogP contribution in [0.1, 0.15) is 88.9 Å². The summed E-state index contributed by atoms with van der Waals surface area (Å²) in [6.07, 6.45) is 5.51. The molecule has 0 aromatic heterocycles. The molecule has 6 nitrogen and oxygen atoms in total. The third-order valence-electron chi connectivity index (χ3n) is 6.74. The predicted octanol–water partition coefficient (Wildman–Crippen LogP) is 5.43. The van der Waals surface area contributed by atoms with Crippen LogP contribution in [0.15, 0.2) is 48.5 Å². The zero-order valence-corrected chi connectivity index (χ0v) is 22.0. The second-order valence-corrected chi connectivity index (χ2v) is 10.6. The first-order chi connectivity index (χ1) is 17.3. The normalized spacial score (nSPS) is 15.1. The van der Waals surface area contributed by atoms with Gasteiger partial charge in [0.15, 0.2) is 0 Å². The van der Waals surface area contributed by atoms with Crippen molar-refractivity contribution in [2.45, 2.75) is 96.5 Å². The summed E-state index contributed by atoms with van der Waals surface area (Å²) in [7, 11) is 0. The van der Waals surface area contributed by atoms with E-state index in [0.29, 0.717) is 18.4 Å². The molecule has 2 rings (SSSR count). The Balaban J connectivity index is 1.63. The molecule has 0 bridgehead atoms. The van der Waals surface area contributed by atoms with Crippen molar-refractivity contribution in [1.29, 1.82) is 0 Å². The van der Waals surface area contributed by atoms with Gasteiger partial charge in [-0.2, -0.15) is 0 Å². The molecule has 2 aromatic carbocycles. The van der Waals surface area contributed by atoms with Gasteiger partial charge in [-0.05, 0) is 61.4 Å². The number of benzene rings is 2. The zero-order chi connectivity index (χ0) is 26.3. The molecule has 0 aliphatic rings. The first kappa shape index (κ1) is 30.1. The first-order valence-electron chi connectivity index (χ1n) is 13.6. The standard InChI is InChI=1S/C30H47NO5/c1-22(2)16-28(30(36)24-17-26(33)19-27(34)18-24)29(35)20-25(32)14-10-5-3-4-6-11-15-31-21-23-12-8-7-9-13-23/h7-9,12-13,17-19,22,25,28-36H,3-6,10-11,14-16,20-21H2,1-2H3/t25-,28+,29-,30+/m1/s1. The number of phenols is 2. The lowest BCUT2D eigenvalue weighted by molar-refractivity contribution is -0.0250. The lowest BCUT2D eigenvalue weighted by Gasteiger charge is -2.30. The van der Waals surface area contributed by atoms with E-state index in [-0.39, 0.29) is 23.8 Å². The van der Waals surface area contributed by atoms with Crippen molar-refractivity contribution < 1.29 is 25.5 Å². The summed E-state index contributed by atoms with van der Waals surface area (Å²) in [5.41, 5.74) is 1.67. The van der Waals surface area contributed by atoms with E-state index in [1.165, 1.54) is 36.6 Å². The number of unbranched alkanes of at least 4 members (excludes halogenated alkanes) is 5. The largest absolute Gasteiger partial charge is 0.508 e. The van der Waals surface area contributed by atoms with Crippen LogP contribution in [0.25, 0.3) is 0 Å². The van der Waals surface area contributed by atoms with E-state index in [9.17, 15) is 25.5 Å². The molecule has 0 aliphatic heterocycles. The number of aliphatic hydroxyl groups is 3. The van der Waals surface area contributed by atoms with Crippen LogP contribution in [0.4, 0.5) is 0 Å². The quantitative estimate of drug-likeness (QED) is 0.152. The smallest absolute Gasteiger partial charge is 0.119 e. The van der Waals surface area contributed by atoms with Gasteiger partial charge in [0, 0.05) is 18.5 Å². The topological polar surface area (TPSA) is 113 Å². The maximum atomic E-state index is 10.9. The lowest BCUT2D eigenvalue weighted by atomic mass is 9.82. The fraction of sp³-hybridized carbons (Fsp3) is 0.600. The van der Waals surface area contributed by atoms with Crippen molar-refractivity contribution in [3.8, 4) is 11.5 Å². The highest BCUT2D eigenvalue weighted by Gasteiger charge is 2.30. The number of phenolic OH excluding ortho intramolecular Hbond substituents is 2. The van der Waals surface area contributed by atoms with Crippen LogP contribution in [-0.2, 0) is 6.54 Å². The summed E-state index contributed by atoms with van der Waals surface area (Å²) in [4.78, 5) is 0. The van der Waals surface area contributed by atoms with E-state index in [4.69, 9.17) is 0 Å². The average Bonchev–Trinajstić information content (AvgIpc) is 2.83. The minimum absolute atomic E-state index is 0.134. The summed E-state index contributed by atoms with van der Waals surface area (Å²) in [6, 6.07) is 14.4. The van der Waals surface area contributed by atoms with Gasteiger partial charge in [-0.25, -0.2) is 0 Å². The average molecular weight is 502 g/mol. The van der Waals surface area contributed by atoms with Crippen molar-refractivity contribution >= 4 is 0 Å². The number of aliphatic hydroxyl groups excluding tert-OH is 3. The second-order valence-electron chi connectivity index (χ2n) is 10.6. The number of hydrogen-bond acceptors (Lipinski definition) is 6. The first-order valence-corrected chi connectivity index (χ1v) is 13.6. The van der Waals surface area contributed by atoms with Gasteiger partial charge in [0.25, 0.3) is 0 Å². The van der Waals surface area contributed by atoms with Crippen LogP contribution in [0.3, 0.4) is 0 Å². The summed E-state index contributed by atoms with van der Waals surface area (Å²) >= 11 is 0. The zero-order valence-electron chi connectivity index (χ0n) is 22.0. The molecule has 2 aromatic rings. The monoisotopic (exact) mass is 501 g/mol. The Kier molecular flexibility index (Phi) is 13.9. The van der Waals surface area contributed by atoms with E-state index in [0.717, 1.165) is 38.8 Å². The highest BCUT2D eigenvalue weighted by atomic mass is 16.3. The second kappa shape index (κ2) is 16.6. The van der Waals surface area contributed by atoms with Gasteiger partial charge < -0.3 is 30.8 Å². The molecule has 0 saturated carbocycles. The van der Waals surface area contributed by atoms with Crippen LogP contribution in [0.2, 0.25) is 0 Å². The Morgan fingerprint density at radius 1 is 0.750 bits per heavy atom. The Morgan fingerprint density at radius 3 is 2.00 bits per heavy atom. The van der Waals surface area contributed by atoms with Gasteiger partial charge >= 0.3 is 0 Å². The van der Waals surface area contributed by atoms with Crippen molar-refractivity contribution in [2.24, 2.45) is 11.8 Å². The summed E-state index contributed by atoms with van der Waals surface area (Å²) in [5.74, 6) is -0.539. The molecule has 0 heterocycles. The van der Waals surface area contributed by atoms with Gasteiger partial charge in [0.05, 0.1) is 18.3 Å². The van der Waals surface area contributed by atoms with Gasteiger partial charge in [-0.3, -0.25) is 0 Å².